The second-order valence-electron chi connectivity index (χ2n) is 7.05. The topological polar surface area (TPSA) is 76.2 Å². The Morgan fingerprint density at radius 2 is 2.14 bits per heavy atom. The van der Waals surface area contributed by atoms with Crippen molar-refractivity contribution in [3.63, 3.8) is 0 Å². The van der Waals surface area contributed by atoms with Gasteiger partial charge in [0.1, 0.15) is 22.1 Å². The third-order valence-corrected chi connectivity index (χ3v) is 5.61. The van der Waals surface area contributed by atoms with Crippen LogP contribution >= 0.6 is 11.6 Å². The molecule has 1 N–H and O–H groups in total. The molecule has 0 amide bonds. The highest BCUT2D eigenvalue weighted by Crippen LogP contribution is 2.33. The van der Waals surface area contributed by atoms with Crippen molar-refractivity contribution in [2.45, 2.75) is 18.8 Å². The van der Waals surface area contributed by atoms with Crippen LogP contribution in [-0.2, 0) is 7.05 Å². The molecular weight excluding hydrogens is 385 g/mol. The van der Waals surface area contributed by atoms with Gasteiger partial charge in [0.2, 0.25) is 0 Å². The van der Waals surface area contributed by atoms with Crippen LogP contribution in [-0.4, -0.2) is 46.0 Å². The molecule has 0 saturated carbocycles. The van der Waals surface area contributed by atoms with E-state index in [1.165, 1.54) is 16.8 Å². The summed E-state index contributed by atoms with van der Waals surface area (Å²) in [4.78, 5) is 14.1. The number of hydrogen-bond acceptors (Lipinski definition) is 6. The first-order valence-electron chi connectivity index (χ1n) is 9.26. The molecule has 3 heterocycles. The number of benzene rings is 1. The third-order valence-electron chi connectivity index (χ3n) is 5.25. The summed E-state index contributed by atoms with van der Waals surface area (Å²) < 4.78 is 20.0. The first kappa shape index (κ1) is 18.9. The van der Waals surface area contributed by atoms with Crippen molar-refractivity contribution in [2.75, 3.05) is 31.5 Å². The standard InChI is InChI=1S/C19H21ClFN5O2/c1-25-19(27)17(20)16(11-23-25)22-6-9-26-7-4-12(5-8-26)18-14-3-2-13(21)10-15(14)24-28-18/h2-3,10-12,22H,4-9H2,1H3. The molecule has 9 heteroatoms. The highest BCUT2D eigenvalue weighted by molar-refractivity contribution is 6.32. The molecule has 1 aliphatic rings. The Morgan fingerprint density at radius 1 is 1.36 bits per heavy atom. The fraction of sp³-hybridized carbons (Fsp3) is 0.421. The Hall–Kier alpha value is -2.45. The van der Waals surface area contributed by atoms with Crippen LogP contribution in [0.2, 0.25) is 5.02 Å². The van der Waals surface area contributed by atoms with Crippen LogP contribution in [0, 0.1) is 5.82 Å². The minimum atomic E-state index is -0.313. The van der Waals surface area contributed by atoms with Crippen molar-refractivity contribution in [2.24, 2.45) is 7.05 Å². The van der Waals surface area contributed by atoms with Crippen molar-refractivity contribution >= 4 is 28.2 Å². The van der Waals surface area contributed by atoms with Crippen molar-refractivity contribution in [1.29, 1.82) is 0 Å². The lowest BCUT2D eigenvalue weighted by Crippen LogP contribution is -2.36. The average Bonchev–Trinajstić information content (AvgIpc) is 3.11. The van der Waals surface area contributed by atoms with E-state index in [0.29, 0.717) is 17.7 Å². The van der Waals surface area contributed by atoms with E-state index < -0.39 is 0 Å². The molecule has 0 bridgehead atoms. The molecule has 3 aromatic rings. The van der Waals surface area contributed by atoms with Gasteiger partial charge in [0, 0.05) is 37.5 Å². The highest BCUT2D eigenvalue weighted by Gasteiger charge is 2.25. The maximum Gasteiger partial charge on any atom is 0.287 e. The second kappa shape index (κ2) is 7.89. The molecular formula is C19H21ClFN5O2. The van der Waals surface area contributed by atoms with Gasteiger partial charge in [-0.05, 0) is 38.1 Å². The lowest BCUT2D eigenvalue weighted by molar-refractivity contribution is 0.204. The van der Waals surface area contributed by atoms with Gasteiger partial charge in [-0.1, -0.05) is 16.8 Å². The normalized spacial score (nSPS) is 16.0. The van der Waals surface area contributed by atoms with E-state index in [-0.39, 0.29) is 22.3 Å². The molecule has 0 spiro atoms. The summed E-state index contributed by atoms with van der Waals surface area (Å²) in [6.07, 6.45) is 3.47. The summed E-state index contributed by atoms with van der Waals surface area (Å²) in [6.45, 7) is 3.36. The third kappa shape index (κ3) is 3.74. The predicted molar refractivity (Wildman–Crippen MR) is 105 cm³/mol. The smallest absolute Gasteiger partial charge is 0.287 e. The van der Waals surface area contributed by atoms with Crippen molar-refractivity contribution in [3.05, 3.63) is 51.3 Å². The number of aromatic nitrogens is 3. The van der Waals surface area contributed by atoms with Crippen molar-refractivity contribution < 1.29 is 8.91 Å². The van der Waals surface area contributed by atoms with Gasteiger partial charge in [-0.2, -0.15) is 5.10 Å². The first-order valence-corrected chi connectivity index (χ1v) is 9.63. The summed E-state index contributed by atoms with van der Waals surface area (Å²) in [7, 11) is 1.57. The Morgan fingerprint density at radius 3 is 2.93 bits per heavy atom. The van der Waals surface area contributed by atoms with Crippen LogP contribution in [0.1, 0.15) is 24.5 Å². The molecule has 2 aromatic heterocycles. The largest absolute Gasteiger partial charge is 0.381 e. The minimum absolute atomic E-state index is 0.157. The lowest BCUT2D eigenvalue weighted by Gasteiger charge is -2.31. The van der Waals surface area contributed by atoms with E-state index in [4.69, 9.17) is 16.1 Å². The molecule has 1 fully saturated rings. The Balaban J connectivity index is 1.31. The molecule has 4 rings (SSSR count). The number of fused-ring (bicyclic) bond motifs is 1. The van der Waals surface area contributed by atoms with Crippen LogP contribution in [0.3, 0.4) is 0 Å². The molecule has 1 aromatic carbocycles. The van der Waals surface area contributed by atoms with E-state index >= 15 is 0 Å². The number of aryl methyl sites for hydroxylation is 1. The van der Waals surface area contributed by atoms with Gasteiger partial charge < -0.3 is 14.7 Å². The monoisotopic (exact) mass is 405 g/mol. The zero-order valence-corrected chi connectivity index (χ0v) is 16.2. The van der Waals surface area contributed by atoms with Gasteiger partial charge >= 0.3 is 0 Å². The van der Waals surface area contributed by atoms with Gasteiger partial charge in [0.15, 0.2) is 0 Å². The number of rotatable bonds is 5. The molecule has 7 nitrogen and oxygen atoms in total. The van der Waals surface area contributed by atoms with E-state index in [0.717, 1.165) is 43.6 Å². The van der Waals surface area contributed by atoms with Gasteiger partial charge in [0.05, 0.1) is 11.9 Å². The molecule has 148 valence electrons. The van der Waals surface area contributed by atoms with Crippen molar-refractivity contribution in [1.82, 2.24) is 19.8 Å². The lowest BCUT2D eigenvalue weighted by atomic mass is 9.92. The van der Waals surface area contributed by atoms with Gasteiger partial charge in [0.25, 0.3) is 5.56 Å². The Labute approximate surface area is 166 Å². The first-order chi connectivity index (χ1) is 13.5. The predicted octanol–water partition coefficient (Wildman–Crippen LogP) is 3.01. The van der Waals surface area contributed by atoms with Crippen LogP contribution < -0.4 is 10.9 Å². The minimum Gasteiger partial charge on any atom is -0.381 e. The van der Waals surface area contributed by atoms with Crippen molar-refractivity contribution in [3.8, 4) is 0 Å². The SMILES string of the molecule is Cn1ncc(NCCN2CCC(c3onc4cc(F)ccc34)CC2)c(Cl)c1=O. The van der Waals surface area contributed by atoms with Crippen LogP contribution in [0.5, 0.6) is 0 Å². The number of piperidine rings is 1. The summed E-state index contributed by atoms with van der Waals surface area (Å²) in [6, 6.07) is 4.59. The molecule has 0 atom stereocenters. The maximum atomic E-state index is 13.3. The van der Waals surface area contributed by atoms with E-state index in [1.54, 1.807) is 19.3 Å². The van der Waals surface area contributed by atoms with Gasteiger partial charge in [-0.15, -0.1) is 0 Å². The summed E-state index contributed by atoms with van der Waals surface area (Å²) in [5.74, 6) is 0.836. The van der Waals surface area contributed by atoms with Gasteiger partial charge in [-0.3, -0.25) is 4.79 Å². The number of hydrogen-bond donors (Lipinski definition) is 1. The number of nitrogens with zero attached hydrogens (tertiary/aromatic N) is 4. The molecule has 0 aliphatic carbocycles. The average molecular weight is 406 g/mol. The number of nitrogens with one attached hydrogen (secondary N) is 1. The van der Waals surface area contributed by atoms with Crippen LogP contribution in [0.15, 0.2) is 33.7 Å². The molecule has 1 saturated heterocycles. The maximum absolute atomic E-state index is 13.3. The van der Waals surface area contributed by atoms with Crippen LogP contribution in [0.25, 0.3) is 10.9 Å². The Bertz CT molecular complexity index is 1040. The Kier molecular flexibility index (Phi) is 5.32. The summed E-state index contributed by atoms with van der Waals surface area (Å²) >= 11 is 6.06. The number of likely N-dealkylation sites (tertiary alicyclic amines) is 1. The zero-order chi connectivity index (χ0) is 19.7. The summed E-state index contributed by atoms with van der Waals surface area (Å²) in [5.41, 5.74) is 0.813. The van der Waals surface area contributed by atoms with E-state index in [2.05, 4.69) is 20.5 Å². The van der Waals surface area contributed by atoms with E-state index in [1.807, 2.05) is 0 Å². The van der Waals surface area contributed by atoms with Crippen LogP contribution in [0.4, 0.5) is 10.1 Å². The zero-order valence-electron chi connectivity index (χ0n) is 15.5. The van der Waals surface area contributed by atoms with E-state index in [9.17, 15) is 9.18 Å². The second-order valence-corrected chi connectivity index (χ2v) is 7.43. The molecule has 0 radical (unpaired) electrons. The number of halogens is 2. The number of anilines is 1. The molecule has 1 aliphatic heterocycles. The van der Waals surface area contributed by atoms with Gasteiger partial charge in [-0.25, -0.2) is 9.07 Å². The summed E-state index contributed by atoms with van der Waals surface area (Å²) in [5, 5.41) is 12.2. The fourth-order valence-electron chi connectivity index (χ4n) is 3.63. The fourth-order valence-corrected chi connectivity index (χ4v) is 3.87. The highest BCUT2D eigenvalue weighted by atomic mass is 35.5. The molecule has 28 heavy (non-hydrogen) atoms. The quantitative estimate of drug-likeness (QED) is 0.703. The molecule has 0 unspecified atom stereocenters.